The maximum atomic E-state index is 11.5. The second kappa shape index (κ2) is 6.68. The highest BCUT2D eigenvalue weighted by molar-refractivity contribution is 6.34. The molecule has 0 fully saturated rings. The van der Waals surface area contributed by atoms with Gasteiger partial charge in [0.25, 0.3) is 0 Å². The molecule has 16 heavy (non-hydrogen) atoms. The van der Waals surface area contributed by atoms with Gasteiger partial charge in [0.15, 0.2) is 0 Å². The van der Waals surface area contributed by atoms with Gasteiger partial charge in [0.1, 0.15) is 5.15 Å². The zero-order valence-corrected chi connectivity index (χ0v) is 10.2. The highest BCUT2D eigenvalue weighted by Crippen LogP contribution is 2.18. The first-order valence-electron chi connectivity index (χ1n) is 4.62. The number of methoxy groups -OCH3 is 1. The largest absolute Gasteiger partial charge is 0.462 e. The summed E-state index contributed by atoms with van der Waals surface area (Å²) in [5.41, 5.74) is 0.221. The summed E-state index contributed by atoms with van der Waals surface area (Å²) >= 11 is 11.4. The number of hydrogen-bond acceptors (Lipinski definition) is 4. The maximum Gasteiger partial charge on any atom is 0.339 e. The van der Waals surface area contributed by atoms with Crippen molar-refractivity contribution in [3.63, 3.8) is 0 Å². The molecule has 0 aliphatic carbocycles. The number of rotatable bonds is 5. The molecule has 1 heterocycles. The van der Waals surface area contributed by atoms with Crippen LogP contribution >= 0.6 is 23.2 Å². The molecule has 0 saturated heterocycles. The van der Waals surface area contributed by atoms with E-state index in [0.29, 0.717) is 13.0 Å². The normalized spacial score (nSPS) is 10.2. The van der Waals surface area contributed by atoms with Crippen LogP contribution in [-0.2, 0) is 9.47 Å². The Morgan fingerprint density at radius 2 is 2.19 bits per heavy atom. The van der Waals surface area contributed by atoms with Crippen molar-refractivity contribution >= 4 is 29.2 Å². The molecule has 4 nitrogen and oxygen atoms in total. The Labute approximate surface area is 103 Å². The molecule has 1 aromatic rings. The molecule has 0 radical (unpaired) electrons. The summed E-state index contributed by atoms with van der Waals surface area (Å²) in [5.74, 6) is -0.509. The van der Waals surface area contributed by atoms with Crippen LogP contribution in [-0.4, -0.2) is 31.3 Å². The van der Waals surface area contributed by atoms with Gasteiger partial charge in [-0.1, -0.05) is 23.2 Å². The van der Waals surface area contributed by atoms with Crippen molar-refractivity contribution in [3.05, 3.63) is 28.0 Å². The highest BCUT2D eigenvalue weighted by Gasteiger charge is 2.12. The lowest BCUT2D eigenvalue weighted by Gasteiger charge is -2.05. The van der Waals surface area contributed by atoms with Gasteiger partial charge in [-0.2, -0.15) is 0 Å². The highest BCUT2D eigenvalue weighted by atomic mass is 35.5. The van der Waals surface area contributed by atoms with Crippen LogP contribution in [0.1, 0.15) is 16.8 Å². The van der Waals surface area contributed by atoms with Gasteiger partial charge < -0.3 is 9.47 Å². The van der Waals surface area contributed by atoms with Crippen molar-refractivity contribution in [2.24, 2.45) is 0 Å². The van der Waals surface area contributed by atoms with Gasteiger partial charge >= 0.3 is 5.97 Å². The van der Waals surface area contributed by atoms with Crippen molar-refractivity contribution in [2.75, 3.05) is 20.3 Å². The van der Waals surface area contributed by atoms with Crippen LogP contribution in [0.15, 0.2) is 12.3 Å². The Bertz CT molecular complexity index is 371. The lowest BCUT2D eigenvalue weighted by atomic mass is 10.3. The molecule has 0 unspecified atom stereocenters. The number of hydrogen-bond donors (Lipinski definition) is 0. The number of pyridine rings is 1. The number of nitrogens with zero attached hydrogens (tertiary/aromatic N) is 1. The summed E-state index contributed by atoms with van der Waals surface area (Å²) in [6.07, 6.45) is 1.95. The first-order valence-corrected chi connectivity index (χ1v) is 5.38. The van der Waals surface area contributed by atoms with Crippen molar-refractivity contribution in [3.8, 4) is 0 Å². The molecule has 0 spiro atoms. The van der Waals surface area contributed by atoms with Gasteiger partial charge in [-0.3, -0.25) is 0 Å². The van der Waals surface area contributed by atoms with E-state index in [2.05, 4.69) is 4.98 Å². The lowest BCUT2D eigenvalue weighted by molar-refractivity contribution is 0.0468. The smallest absolute Gasteiger partial charge is 0.339 e. The molecule has 0 aliphatic rings. The molecule has 1 aromatic heterocycles. The SMILES string of the molecule is COCCCOC(=O)c1cc(Cl)ncc1Cl. The third-order valence-corrected chi connectivity index (χ3v) is 2.28. The van der Waals surface area contributed by atoms with E-state index in [4.69, 9.17) is 32.7 Å². The van der Waals surface area contributed by atoms with Crippen LogP contribution in [0.2, 0.25) is 10.2 Å². The van der Waals surface area contributed by atoms with Gasteiger partial charge in [0, 0.05) is 26.3 Å². The summed E-state index contributed by atoms with van der Waals surface area (Å²) in [7, 11) is 1.58. The average Bonchev–Trinajstić information content (AvgIpc) is 2.27. The Kier molecular flexibility index (Phi) is 5.52. The molecule has 0 aliphatic heterocycles. The Balaban J connectivity index is 2.55. The van der Waals surface area contributed by atoms with Gasteiger partial charge in [-0.15, -0.1) is 0 Å². The maximum absolute atomic E-state index is 11.5. The van der Waals surface area contributed by atoms with E-state index in [1.165, 1.54) is 12.3 Å². The van der Waals surface area contributed by atoms with E-state index in [9.17, 15) is 4.79 Å². The first-order chi connectivity index (χ1) is 7.65. The second-order valence-electron chi connectivity index (χ2n) is 2.97. The van der Waals surface area contributed by atoms with Crippen LogP contribution in [0.25, 0.3) is 0 Å². The van der Waals surface area contributed by atoms with E-state index >= 15 is 0 Å². The zero-order valence-electron chi connectivity index (χ0n) is 8.70. The molecule has 6 heteroatoms. The molecule has 0 N–H and O–H groups in total. The van der Waals surface area contributed by atoms with Crippen molar-refractivity contribution < 1.29 is 14.3 Å². The number of aromatic nitrogens is 1. The topological polar surface area (TPSA) is 48.4 Å². The summed E-state index contributed by atoms with van der Waals surface area (Å²) in [6, 6.07) is 1.38. The molecule has 0 amide bonds. The number of esters is 1. The van der Waals surface area contributed by atoms with Crippen LogP contribution in [0.5, 0.6) is 0 Å². The van der Waals surface area contributed by atoms with Crippen LogP contribution in [0, 0.1) is 0 Å². The number of carbonyl (C=O) groups is 1. The van der Waals surface area contributed by atoms with Gasteiger partial charge in [-0.25, -0.2) is 9.78 Å². The molecule has 0 aromatic carbocycles. The number of carbonyl (C=O) groups excluding carboxylic acids is 1. The predicted octanol–water partition coefficient (Wildman–Crippen LogP) is 2.58. The summed E-state index contributed by atoms with van der Waals surface area (Å²) in [4.78, 5) is 15.3. The summed E-state index contributed by atoms with van der Waals surface area (Å²) < 4.78 is 9.80. The quantitative estimate of drug-likeness (QED) is 0.466. The Morgan fingerprint density at radius 3 is 2.88 bits per heavy atom. The third-order valence-electron chi connectivity index (χ3n) is 1.77. The molecular formula is C10H11Cl2NO3. The predicted molar refractivity (Wildman–Crippen MR) is 61.0 cm³/mol. The van der Waals surface area contributed by atoms with E-state index in [1.807, 2.05) is 0 Å². The lowest BCUT2D eigenvalue weighted by Crippen LogP contribution is -2.08. The zero-order chi connectivity index (χ0) is 12.0. The number of halogens is 2. The monoisotopic (exact) mass is 263 g/mol. The molecule has 0 saturated carbocycles. The molecule has 88 valence electrons. The third kappa shape index (κ3) is 3.96. The fraction of sp³-hybridized carbons (Fsp3) is 0.400. The molecule has 0 bridgehead atoms. The number of ether oxygens (including phenoxy) is 2. The van der Waals surface area contributed by atoms with E-state index in [-0.39, 0.29) is 22.3 Å². The van der Waals surface area contributed by atoms with Crippen LogP contribution in [0.4, 0.5) is 0 Å². The average molecular weight is 264 g/mol. The molecule has 1 rings (SSSR count). The summed E-state index contributed by atoms with van der Waals surface area (Å²) in [5, 5.41) is 0.425. The standard InChI is InChI=1S/C10H11Cl2NO3/c1-15-3-2-4-16-10(14)7-5-9(12)13-6-8(7)11/h5-6H,2-4H2,1H3. The van der Waals surface area contributed by atoms with Crippen LogP contribution < -0.4 is 0 Å². The van der Waals surface area contributed by atoms with Gasteiger partial charge in [0.05, 0.1) is 17.2 Å². The van der Waals surface area contributed by atoms with Crippen molar-refractivity contribution in [1.29, 1.82) is 0 Å². The van der Waals surface area contributed by atoms with Crippen molar-refractivity contribution in [2.45, 2.75) is 6.42 Å². The minimum absolute atomic E-state index is 0.202. The van der Waals surface area contributed by atoms with Crippen LogP contribution in [0.3, 0.4) is 0 Å². The summed E-state index contributed by atoms with van der Waals surface area (Å²) in [6.45, 7) is 0.820. The van der Waals surface area contributed by atoms with E-state index in [1.54, 1.807) is 7.11 Å². The van der Waals surface area contributed by atoms with Gasteiger partial charge in [0.2, 0.25) is 0 Å². The molecule has 0 atom stereocenters. The Hall–Kier alpha value is -0.840. The minimum atomic E-state index is -0.509. The van der Waals surface area contributed by atoms with Gasteiger partial charge in [-0.05, 0) is 6.07 Å². The van der Waals surface area contributed by atoms with Crippen molar-refractivity contribution in [1.82, 2.24) is 4.98 Å². The van der Waals surface area contributed by atoms with E-state index in [0.717, 1.165) is 0 Å². The fourth-order valence-corrected chi connectivity index (χ4v) is 1.35. The fourth-order valence-electron chi connectivity index (χ4n) is 1.02. The first kappa shape index (κ1) is 13.2. The molecular weight excluding hydrogens is 253 g/mol. The minimum Gasteiger partial charge on any atom is -0.462 e. The van der Waals surface area contributed by atoms with E-state index < -0.39 is 5.97 Å². The Morgan fingerprint density at radius 1 is 1.44 bits per heavy atom. The second-order valence-corrected chi connectivity index (χ2v) is 3.76.